The van der Waals surface area contributed by atoms with E-state index in [1.165, 1.54) is 16.3 Å². The van der Waals surface area contributed by atoms with Crippen LogP contribution in [0.4, 0.5) is 0 Å². The molecule has 23 heavy (non-hydrogen) atoms. The zero-order chi connectivity index (χ0) is 16.2. The summed E-state index contributed by atoms with van der Waals surface area (Å²) in [6.45, 7) is 0. The number of primary amides is 1. The fourth-order valence-electron chi connectivity index (χ4n) is 2.28. The van der Waals surface area contributed by atoms with Crippen LogP contribution in [-0.2, 0) is 4.79 Å². The van der Waals surface area contributed by atoms with E-state index in [1.807, 2.05) is 30.3 Å². The first-order valence-corrected chi connectivity index (χ1v) is 7.49. The van der Waals surface area contributed by atoms with E-state index in [4.69, 9.17) is 5.73 Å². The number of nitrogens with two attached hydrogens (primary N) is 1. The number of carbonyl (C=O) groups excluding carboxylic acids is 1. The molecule has 3 rings (SSSR count). The summed E-state index contributed by atoms with van der Waals surface area (Å²) in [5.41, 5.74) is 9.43. The number of benzene rings is 2. The van der Waals surface area contributed by atoms with E-state index in [9.17, 15) is 4.79 Å². The maximum Gasteiger partial charge on any atom is 0.244 e. The summed E-state index contributed by atoms with van der Waals surface area (Å²) in [5.74, 6) is -0.556. The zero-order valence-corrected chi connectivity index (χ0v) is 13.1. The van der Waals surface area contributed by atoms with Crippen molar-refractivity contribution in [2.45, 2.75) is 0 Å². The molecule has 0 radical (unpaired) electrons. The Kier molecular flexibility index (Phi) is 4.30. The van der Waals surface area contributed by atoms with E-state index >= 15 is 0 Å². The molecule has 1 aromatic heterocycles. The van der Waals surface area contributed by atoms with Crippen LogP contribution < -0.4 is 5.73 Å². The Balaban J connectivity index is 1.86. The topological polar surface area (TPSA) is 60.9 Å². The number of rotatable bonds is 4. The lowest BCUT2D eigenvalue weighted by atomic mass is 10.0. The molecule has 0 aliphatic rings. The second-order valence-electron chi connectivity index (χ2n) is 5.02. The molecule has 0 aliphatic heterocycles. The summed E-state index contributed by atoms with van der Waals surface area (Å²) in [7, 11) is 0. The minimum atomic E-state index is -0.556. The van der Waals surface area contributed by atoms with E-state index in [1.54, 1.807) is 12.4 Å². The Labute approximate surface area is 139 Å². The number of carbonyl (C=O) groups is 1. The van der Waals surface area contributed by atoms with Crippen LogP contribution in [0.25, 0.3) is 27.3 Å². The van der Waals surface area contributed by atoms with Gasteiger partial charge >= 0.3 is 0 Å². The number of nitrogens with zero attached hydrogens (tertiary/aromatic N) is 2. The van der Waals surface area contributed by atoms with Gasteiger partial charge in [-0.15, -0.1) is 12.6 Å². The van der Waals surface area contributed by atoms with Gasteiger partial charge in [-0.2, -0.15) is 5.10 Å². The molecule has 5 heteroatoms. The second-order valence-corrected chi connectivity index (χ2v) is 5.48. The molecule has 0 saturated carbocycles. The van der Waals surface area contributed by atoms with Crippen LogP contribution in [0.5, 0.6) is 0 Å². The number of hydrogen-bond acceptors (Lipinski definition) is 3. The molecule has 0 bridgehead atoms. The Bertz CT molecular complexity index is 851. The van der Waals surface area contributed by atoms with Gasteiger partial charge in [0.25, 0.3) is 0 Å². The molecule has 2 aromatic carbocycles. The summed E-state index contributed by atoms with van der Waals surface area (Å²) in [6.07, 6.45) is 4.75. The third kappa shape index (κ3) is 3.52. The van der Waals surface area contributed by atoms with Gasteiger partial charge in [0.2, 0.25) is 5.91 Å². The number of amides is 1. The molecule has 1 amide bonds. The minimum Gasteiger partial charge on any atom is -0.366 e. The lowest BCUT2D eigenvalue weighted by Gasteiger charge is -2.03. The lowest BCUT2D eigenvalue weighted by molar-refractivity contribution is -0.113. The van der Waals surface area contributed by atoms with Crippen LogP contribution in [0.2, 0.25) is 0 Å². The predicted molar refractivity (Wildman–Crippen MR) is 95.6 cm³/mol. The third-order valence-electron chi connectivity index (χ3n) is 3.41. The van der Waals surface area contributed by atoms with E-state index in [2.05, 4.69) is 42.0 Å². The maximum atomic E-state index is 10.9. The monoisotopic (exact) mass is 321 g/mol. The van der Waals surface area contributed by atoms with Gasteiger partial charge in [0, 0.05) is 17.8 Å². The first kappa shape index (κ1) is 15.1. The molecule has 0 fully saturated rings. The van der Waals surface area contributed by atoms with Gasteiger partial charge in [0.15, 0.2) is 0 Å². The number of aromatic nitrogens is 2. The standard InChI is InChI=1S/C18H15N3OS/c19-17(22)10-18(23)21-12-16(11-20-21)15-8-6-14(7-9-15)13-4-2-1-3-5-13/h1-12,23H,(H2,19,22)/b18-10-. The van der Waals surface area contributed by atoms with Crippen LogP contribution in [0.1, 0.15) is 0 Å². The Hall–Kier alpha value is -2.79. The van der Waals surface area contributed by atoms with Gasteiger partial charge in [-0.3, -0.25) is 4.79 Å². The van der Waals surface area contributed by atoms with Crippen molar-refractivity contribution >= 4 is 23.6 Å². The van der Waals surface area contributed by atoms with Gasteiger partial charge in [0.1, 0.15) is 0 Å². The van der Waals surface area contributed by atoms with Crippen molar-refractivity contribution in [3.8, 4) is 22.3 Å². The quantitative estimate of drug-likeness (QED) is 0.571. The highest BCUT2D eigenvalue weighted by Crippen LogP contribution is 2.25. The maximum absolute atomic E-state index is 10.9. The molecule has 2 N–H and O–H groups in total. The van der Waals surface area contributed by atoms with Crippen LogP contribution >= 0.6 is 12.6 Å². The van der Waals surface area contributed by atoms with Crippen molar-refractivity contribution in [1.82, 2.24) is 9.78 Å². The Morgan fingerprint density at radius 3 is 2.13 bits per heavy atom. The molecule has 4 nitrogen and oxygen atoms in total. The lowest BCUT2D eigenvalue weighted by Crippen LogP contribution is -2.07. The predicted octanol–water partition coefficient (Wildman–Crippen LogP) is 3.43. The normalized spacial score (nSPS) is 11.4. The number of thiol groups is 1. The average Bonchev–Trinajstić information content (AvgIpc) is 3.05. The molecular formula is C18H15N3OS. The first-order valence-electron chi connectivity index (χ1n) is 7.04. The summed E-state index contributed by atoms with van der Waals surface area (Å²) in [4.78, 5) is 10.9. The van der Waals surface area contributed by atoms with Gasteiger partial charge in [-0.25, -0.2) is 4.68 Å². The summed E-state index contributed by atoms with van der Waals surface area (Å²) < 4.78 is 1.51. The first-order chi connectivity index (χ1) is 11.1. The minimum absolute atomic E-state index is 0.379. The van der Waals surface area contributed by atoms with Gasteiger partial charge in [0.05, 0.1) is 11.2 Å². The largest absolute Gasteiger partial charge is 0.366 e. The zero-order valence-electron chi connectivity index (χ0n) is 12.3. The van der Waals surface area contributed by atoms with E-state index < -0.39 is 5.91 Å². The molecule has 1 heterocycles. The van der Waals surface area contributed by atoms with Gasteiger partial charge in [-0.05, 0) is 16.7 Å². The van der Waals surface area contributed by atoms with Crippen molar-refractivity contribution in [3.05, 3.63) is 73.1 Å². The van der Waals surface area contributed by atoms with Crippen LogP contribution in [-0.4, -0.2) is 15.7 Å². The SMILES string of the molecule is NC(=O)/C=C(\S)n1cc(-c2ccc(-c3ccccc3)cc2)cn1. The molecule has 0 atom stereocenters. The Morgan fingerprint density at radius 1 is 0.957 bits per heavy atom. The third-order valence-corrected chi connectivity index (χ3v) is 3.75. The average molecular weight is 321 g/mol. The summed E-state index contributed by atoms with van der Waals surface area (Å²) in [5, 5.41) is 4.57. The van der Waals surface area contributed by atoms with Crippen LogP contribution in [0, 0.1) is 0 Å². The van der Waals surface area contributed by atoms with Gasteiger partial charge in [-0.1, -0.05) is 54.6 Å². The van der Waals surface area contributed by atoms with Crippen molar-refractivity contribution < 1.29 is 4.79 Å². The van der Waals surface area contributed by atoms with E-state index in [0.717, 1.165) is 16.7 Å². The van der Waals surface area contributed by atoms with Crippen LogP contribution in [0.3, 0.4) is 0 Å². The fraction of sp³-hybridized carbons (Fsp3) is 0. The molecule has 0 aliphatic carbocycles. The highest BCUT2D eigenvalue weighted by Gasteiger charge is 2.05. The van der Waals surface area contributed by atoms with Crippen molar-refractivity contribution in [2.24, 2.45) is 5.73 Å². The second kappa shape index (κ2) is 6.54. The van der Waals surface area contributed by atoms with E-state index in [0.29, 0.717) is 5.03 Å². The summed E-state index contributed by atoms with van der Waals surface area (Å²) >= 11 is 4.21. The molecule has 3 aromatic rings. The molecule has 0 unspecified atom stereocenters. The van der Waals surface area contributed by atoms with Crippen LogP contribution in [0.15, 0.2) is 73.1 Å². The van der Waals surface area contributed by atoms with Crippen molar-refractivity contribution in [2.75, 3.05) is 0 Å². The van der Waals surface area contributed by atoms with E-state index in [-0.39, 0.29) is 0 Å². The Morgan fingerprint density at radius 2 is 1.52 bits per heavy atom. The molecule has 0 saturated heterocycles. The van der Waals surface area contributed by atoms with Crippen molar-refractivity contribution in [1.29, 1.82) is 0 Å². The summed E-state index contributed by atoms with van der Waals surface area (Å²) in [6, 6.07) is 18.4. The van der Waals surface area contributed by atoms with Crippen molar-refractivity contribution in [3.63, 3.8) is 0 Å². The smallest absolute Gasteiger partial charge is 0.244 e. The molecule has 114 valence electrons. The van der Waals surface area contributed by atoms with Gasteiger partial charge < -0.3 is 5.73 Å². The highest BCUT2D eigenvalue weighted by atomic mass is 32.1. The fourth-order valence-corrected chi connectivity index (χ4v) is 2.51. The number of hydrogen-bond donors (Lipinski definition) is 2. The molecule has 0 spiro atoms. The highest BCUT2D eigenvalue weighted by molar-refractivity contribution is 7.90. The molecular weight excluding hydrogens is 306 g/mol.